The number of carbonyl (C=O) groups is 1. The van der Waals surface area contributed by atoms with Gasteiger partial charge in [-0.2, -0.15) is 0 Å². The fourth-order valence-corrected chi connectivity index (χ4v) is 2.54. The largest absolute Gasteiger partial charge is 0.352 e. The molecule has 18 heavy (non-hydrogen) atoms. The van der Waals surface area contributed by atoms with E-state index in [0.29, 0.717) is 18.6 Å². The normalized spacial score (nSPS) is 21.6. The van der Waals surface area contributed by atoms with Crippen LogP contribution in [0.5, 0.6) is 0 Å². The van der Waals surface area contributed by atoms with Gasteiger partial charge in [0.2, 0.25) is 5.91 Å². The van der Waals surface area contributed by atoms with E-state index < -0.39 is 0 Å². The summed E-state index contributed by atoms with van der Waals surface area (Å²) >= 11 is 0. The molecule has 0 bridgehead atoms. The molecule has 0 spiro atoms. The highest BCUT2D eigenvalue weighted by atomic mass is 16.2. The average molecular weight is 253 g/mol. The van der Waals surface area contributed by atoms with Gasteiger partial charge < -0.3 is 10.6 Å². The Morgan fingerprint density at radius 2 is 1.94 bits per heavy atom. The van der Waals surface area contributed by atoms with E-state index in [1.54, 1.807) is 0 Å². The molecule has 0 radical (unpaired) electrons. The van der Waals surface area contributed by atoms with Crippen LogP contribution in [0.2, 0.25) is 0 Å². The first-order valence-electron chi connectivity index (χ1n) is 7.39. The van der Waals surface area contributed by atoms with Crippen molar-refractivity contribution >= 4 is 5.91 Å². The van der Waals surface area contributed by atoms with E-state index in [-0.39, 0.29) is 5.91 Å². The molecule has 2 N–H and O–H groups in total. The van der Waals surface area contributed by atoms with Crippen molar-refractivity contribution in [2.75, 3.05) is 26.2 Å². The number of nitrogens with one attached hydrogen (secondary N) is 2. The molecule has 1 saturated heterocycles. The van der Waals surface area contributed by atoms with Gasteiger partial charge in [0, 0.05) is 18.6 Å². The van der Waals surface area contributed by atoms with E-state index in [9.17, 15) is 4.79 Å². The Kier molecular flexibility index (Phi) is 5.01. The van der Waals surface area contributed by atoms with E-state index >= 15 is 0 Å². The highest BCUT2D eigenvalue weighted by molar-refractivity contribution is 5.78. The van der Waals surface area contributed by atoms with Gasteiger partial charge in [0.15, 0.2) is 0 Å². The van der Waals surface area contributed by atoms with Gasteiger partial charge in [0.25, 0.3) is 0 Å². The van der Waals surface area contributed by atoms with Crippen LogP contribution in [0, 0.1) is 5.92 Å². The molecule has 0 aromatic rings. The number of rotatable bonds is 6. The summed E-state index contributed by atoms with van der Waals surface area (Å²) in [6.07, 6.45) is 4.82. The lowest BCUT2D eigenvalue weighted by Crippen LogP contribution is -2.45. The summed E-state index contributed by atoms with van der Waals surface area (Å²) in [5, 5.41) is 6.48. The Labute approximate surface area is 110 Å². The SMILES string of the molecule is CC(C)N(CC(=O)NC1CC1)CC1CCNCC1. The quantitative estimate of drug-likeness (QED) is 0.741. The monoisotopic (exact) mass is 253 g/mol. The minimum atomic E-state index is 0.208. The molecule has 2 fully saturated rings. The molecule has 1 amide bonds. The summed E-state index contributed by atoms with van der Waals surface area (Å²) in [4.78, 5) is 14.2. The minimum Gasteiger partial charge on any atom is -0.352 e. The Balaban J connectivity index is 1.76. The molecular formula is C14H27N3O. The van der Waals surface area contributed by atoms with Crippen LogP contribution in [0.25, 0.3) is 0 Å². The molecule has 1 heterocycles. The summed E-state index contributed by atoms with van der Waals surface area (Å²) in [6, 6.07) is 0.926. The lowest BCUT2D eigenvalue weighted by molar-refractivity contribution is -0.123. The van der Waals surface area contributed by atoms with Crippen molar-refractivity contribution in [2.45, 2.75) is 51.6 Å². The maximum Gasteiger partial charge on any atom is 0.234 e. The van der Waals surface area contributed by atoms with Crippen LogP contribution in [0.15, 0.2) is 0 Å². The predicted molar refractivity (Wildman–Crippen MR) is 73.5 cm³/mol. The molecule has 1 saturated carbocycles. The molecule has 0 aromatic heterocycles. The summed E-state index contributed by atoms with van der Waals surface area (Å²) in [5.41, 5.74) is 0. The van der Waals surface area contributed by atoms with Crippen molar-refractivity contribution in [3.05, 3.63) is 0 Å². The van der Waals surface area contributed by atoms with Crippen LogP contribution >= 0.6 is 0 Å². The first kappa shape index (κ1) is 13.8. The fourth-order valence-electron chi connectivity index (χ4n) is 2.54. The third-order valence-corrected chi connectivity index (χ3v) is 3.97. The zero-order valence-corrected chi connectivity index (χ0v) is 11.7. The van der Waals surface area contributed by atoms with E-state index in [1.807, 2.05) is 0 Å². The van der Waals surface area contributed by atoms with Gasteiger partial charge in [-0.3, -0.25) is 9.69 Å². The van der Waals surface area contributed by atoms with Gasteiger partial charge >= 0.3 is 0 Å². The van der Waals surface area contributed by atoms with E-state index in [4.69, 9.17) is 0 Å². The number of hydrogen-bond donors (Lipinski definition) is 2. The summed E-state index contributed by atoms with van der Waals surface area (Å²) in [7, 11) is 0. The molecule has 0 aromatic carbocycles. The van der Waals surface area contributed by atoms with Crippen LogP contribution in [0.1, 0.15) is 39.5 Å². The van der Waals surface area contributed by atoms with Crippen molar-refractivity contribution in [3.8, 4) is 0 Å². The van der Waals surface area contributed by atoms with Gasteiger partial charge in [-0.25, -0.2) is 0 Å². The van der Waals surface area contributed by atoms with Gasteiger partial charge in [-0.1, -0.05) is 0 Å². The highest BCUT2D eigenvalue weighted by Gasteiger charge is 2.25. The third-order valence-electron chi connectivity index (χ3n) is 3.97. The van der Waals surface area contributed by atoms with Crippen LogP contribution in [0.4, 0.5) is 0 Å². The van der Waals surface area contributed by atoms with Crippen molar-refractivity contribution in [3.63, 3.8) is 0 Å². The number of carbonyl (C=O) groups excluding carboxylic acids is 1. The maximum atomic E-state index is 11.9. The van der Waals surface area contributed by atoms with Crippen molar-refractivity contribution in [1.82, 2.24) is 15.5 Å². The Morgan fingerprint density at radius 3 is 2.50 bits per heavy atom. The lowest BCUT2D eigenvalue weighted by atomic mass is 9.97. The molecule has 0 atom stereocenters. The van der Waals surface area contributed by atoms with Crippen molar-refractivity contribution in [1.29, 1.82) is 0 Å². The second-order valence-corrected chi connectivity index (χ2v) is 6.06. The van der Waals surface area contributed by atoms with Gasteiger partial charge in [-0.15, -0.1) is 0 Å². The molecule has 1 aliphatic carbocycles. The van der Waals surface area contributed by atoms with Crippen LogP contribution in [-0.4, -0.2) is 49.1 Å². The smallest absolute Gasteiger partial charge is 0.234 e. The molecule has 2 rings (SSSR count). The molecule has 0 unspecified atom stereocenters. The number of piperidine rings is 1. The Hall–Kier alpha value is -0.610. The Bertz CT molecular complexity index is 270. The van der Waals surface area contributed by atoms with Crippen molar-refractivity contribution < 1.29 is 4.79 Å². The first-order valence-corrected chi connectivity index (χ1v) is 7.39. The summed E-state index contributed by atoms with van der Waals surface area (Å²) < 4.78 is 0. The second-order valence-electron chi connectivity index (χ2n) is 6.06. The van der Waals surface area contributed by atoms with Gasteiger partial charge in [0.05, 0.1) is 6.54 Å². The van der Waals surface area contributed by atoms with E-state index in [2.05, 4.69) is 29.4 Å². The highest BCUT2D eigenvalue weighted by Crippen LogP contribution is 2.19. The van der Waals surface area contributed by atoms with Crippen LogP contribution in [0.3, 0.4) is 0 Å². The minimum absolute atomic E-state index is 0.208. The molecular weight excluding hydrogens is 226 g/mol. The summed E-state index contributed by atoms with van der Waals surface area (Å²) in [5.74, 6) is 0.961. The zero-order valence-electron chi connectivity index (χ0n) is 11.7. The maximum absolute atomic E-state index is 11.9. The standard InChI is InChI=1S/C14H27N3O/c1-11(2)17(9-12-5-7-15-8-6-12)10-14(18)16-13-3-4-13/h11-13,15H,3-10H2,1-2H3,(H,16,18). The molecule has 1 aliphatic heterocycles. The molecule has 2 aliphatic rings. The fraction of sp³-hybridized carbons (Fsp3) is 0.929. The van der Waals surface area contributed by atoms with Crippen LogP contribution in [-0.2, 0) is 4.79 Å². The van der Waals surface area contributed by atoms with Crippen LogP contribution < -0.4 is 10.6 Å². The average Bonchev–Trinajstić information content (AvgIpc) is 3.13. The summed E-state index contributed by atoms with van der Waals surface area (Å²) in [6.45, 7) is 8.27. The predicted octanol–water partition coefficient (Wildman–Crippen LogP) is 0.975. The van der Waals surface area contributed by atoms with E-state index in [0.717, 1.165) is 25.6 Å². The van der Waals surface area contributed by atoms with Gasteiger partial charge in [-0.05, 0) is 58.5 Å². The van der Waals surface area contributed by atoms with Gasteiger partial charge in [0.1, 0.15) is 0 Å². The lowest BCUT2D eigenvalue weighted by Gasteiger charge is -2.32. The molecule has 4 nitrogen and oxygen atoms in total. The zero-order chi connectivity index (χ0) is 13.0. The molecule has 4 heteroatoms. The number of nitrogens with zero attached hydrogens (tertiary/aromatic N) is 1. The number of amides is 1. The Morgan fingerprint density at radius 1 is 1.28 bits per heavy atom. The molecule has 104 valence electrons. The van der Waals surface area contributed by atoms with Crippen molar-refractivity contribution in [2.24, 2.45) is 5.92 Å². The first-order chi connectivity index (χ1) is 8.65. The second kappa shape index (κ2) is 6.53. The third kappa shape index (κ3) is 4.58. The van der Waals surface area contributed by atoms with E-state index in [1.165, 1.54) is 25.7 Å². The number of hydrogen-bond acceptors (Lipinski definition) is 3. The topological polar surface area (TPSA) is 44.4 Å².